The number of phenols is 1. The highest BCUT2D eigenvalue weighted by atomic mass is 32.2. The van der Waals surface area contributed by atoms with Crippen molar-refractivity contribution in [3.63, 3.8) is 0 Å². The van der Waals surface area contributed by atoms with E-state index in [1.165, 1.54) is 10.5 Å². The maximum absolute atomic E-state index is 12.7. The number of hydrogen-bond acceptors (Lipinski definition) is 4. The maximum atomic E-state index is 12.7. The van der Waals surface area contributed by atoms with Crippen LogP contribution in [0.25, 0.3) is 6.08 Å². The molecule has 2 aromatic rings. The van der Waals surface area contributed by atoms with Gasteiger partial charge in [0.05, 0.1) is 11.4 Å². The summed E-state index contributed by atoms with van der Waals surface area (Å²) in [6, 6.07) is 13.1. The van der Waals surface area contributed by atoms with Crippen LogP contribution in [0.3, 0.4) is 0 Å². The third-order valence-corrected chi connectivity index (χ3v) is 5.46. The molecule has 27 heavy (non-hydrogen) atoms. The van der Waals surface area contributed by atoms with Crippen molar-refractivity contribution in [1.29, 1.82) is 0 Å². The van der Waals surface area contributed by atoms with Crippen LogP contribution in [-0.2, 0) is 16.8 Å². The van der Waals surface area contributed by atoms with E-state index in [1.807, 2.05) is 24.3 Å². The molecule has 1 N–H and O–H groups in total. The highest BCUT2D eigenvalue weighted by molar-refractivity contribution is 8.18. The molecule has 0 aromatic heterocycles. The van der Waals surface area contributed by atoms with Crippen LogP contribution < -0.4 is 0 Å². The molecule has 4 nitrogen and oxygen atoms in total. The fraction of sp³-hybridized carbons (Fsp3) is 0.273. The number of aromatic hydroxyl groups is 1. The Morgan fingerprint density at radius 3 is 2.33 bits per heavy atom. The number of imide groups is 1. The second-order valence-corrected chi connectivity index (χ2v) is 8.75. The highest BCUT2D eigenvalue weighted by Crippen LogP contribution is 2.34. The number of phenolic OH excluding ortho intramolecular Hbond substituents is 1. The minimum absolute atomic E-state index is 0.0613. The Balaban J connectivity index is 1.78. The van der Waals surface area contributed by atoms with E-state index < -0.39 is 0 Å². The summed E-state index contributed by atoms with van der Waals surface area (Å²) >= 11 is 0.949. The molecule has 0 saturated carbocycles. The number of aryl methyl sites for hydroxylation is 1. The molecule has 3 rings (SSSR count). The van der Waals surface area contributed by atoms with Crippen LogP contribution in [0.1, 0.15) is 43.0 Å². The fourth-order valence-electron chi connectivity index (χ4n) is 2.85. The smallest absolute Gasteiger partial charge is 0.293 e. The predicted molar refractivity (Wildman–Crippen MR) is 109 cm³/mol. The minimum Gasteiger partial charge on any atom is -0.508 e. The van der Waals surface area contributed by atoms with E-state index in [0.717, 1.165) is 28.5 Å². The molecule has 1 aliphatic rings. The molecule has 0 aliphatic carbocycles. The number of amides is 2. The van der Waals surface area contributed by atoms with Gasteiger partial charge in [-0.05, 0) is 64.6 Å². The Morgan fingerprint density at radius 2 is 1.74 bits per heavy atom. The van der Waals surface area contributed by atoms with Gasteiger partial charge in [-0.25, -0.2) is 0 Å². The van der Waals surface area contributed by atoms with Gasteiger partial charge in [0.1, 0.15) is 5.75 Å². The first kappa shape index (κ1) is 19.2. The lowest BCUT2D eigenvalue weighted by molar-refractivity contribution is -0.123. The summed E-state index contributed by atoms with van der Waals surface area (Å²) in [5, 5.41) is 9.36. The second kappa shape index (κ2) is 7.24. The van der Waals surface area contributed by atoms with E-state index in [-0.39, 0.29) is 28.9 Å². The topological polar surface area (TPSA) is 57.6 Å². The molecule has 1 saturated heterocycles. The predicted octanol–water partition coefficient (Wildman–Crippen LogP) is 5.23. The third kappa shape index (κ3) is 4.25. The van der Waals surface area contributed by atoms with E-state index in [0.29, 0.717) is 4.91 Å². The Kier molecular flexibility index (Phi) is 5.16. The van der Waals surface area contributed by atoms with E-state index in [2.05, 4.69) is 20.8 Å². The zero-order valence-electron chi connectivity index (χ0n) is 15.9. The van der Waals surface area contributed by atoms with Crippen LogP contribution in [0.4, 0.5) is 4.79 Å². The van der Waals surface area contributed by atoms with Crippen molar-refractivity contribution in [3.8, 4) is 5.75 Å². The Morgan fingerprint density at radius 1 is 1.07 bits per heavy atom. The van der Waals surface area contributed by atoms with Crippen LogP contribution in [0.5, 0.6) is 5.75 Å². The fourth-order valence-corrected chi connectivity index (χ4v) is 3.69. The van der Waals surface area contributed by atoms with Gasteiger partial charge < -0.3 is 5.11 Å². The van der Waals surface area contributed by atoms with Crippen molar-refractivity contribution in [1.82, 2.24) is 4.90 Å². The molecule has 0 bridgehead atoms. The number of carbonyl (C=O) groups is 2. The molecule has 2 aromatic carbocycles. The van der Waals surface area contributed by atoms with Gasteiger partial charge >= 0.3 is 0 Å². The van der Waals surface area contributed by atoms with Crippen molar-refractivity contribution in [3.05, 3.63) is 69.6 Å². The first-order chi connectivity index (χ1) is 12.6. The molecule has 0 atom stereocenters. The van der Waals surface area contributed by atoms with Gasteiger partial charge in [0.15, 0.2) is 0 Å². The van der Waals surface area contributed by atoms with Crippen LogP contribution in [-0.4, -0.2) is 21.2 Å². The molecule has 140 valence electrons. The van der Waals surface area contributed by atoms with Gasteiger partial charge in [-0.2, -0.15) is 0 Å². The third-order valence-electron chi connectivity index (χ3n) is 4.55. The first-order valence-corrected chi connectivity index (χ1v) is 9.61. The zero-order valence-corrected chi connectivity index (χ0v) is 16.8. The maximum Gasteiger partial charge on any atom is 0.293 e. The second-order valence-electron chi connectivity index (χ2n) is 7.76. The van der Waals surface area contributed by atoms with Crippen molar-refractivity contribution >= 4 is 29.0 Å². The van der Waals surface area contributed by atoms with Gasteiger partial charge in [-0.15, -0.1) is 0 Å². The van der Waals surface area contributed by atoms with E-state index in [4.69, 9.17) is 0 Å². The normalized spacial score (nSPS) is 16.4. The molecular weight excluding hydrogens is 358 g/mol. The monoisotopic (exact) mass is 381 g/mol. The summed E-state index contributed by atoms with van der Waals surface area (Å²) in [6.07, 6.45) is 1.69. The summed E-state index contributed by atoms with van der Waals surface area (Å²) in [5.41, 5.74) is 3.70. The molecule has 0 unspecified atom stereocenters. The van der Waals surface area contributed by atoms with E-state index in [9.17, 15) is 14.7 Å². The number of carbonyl (C=O) groups excluding carboxylic acids is 2. The van der Waals surface area contributed by atoms with Crippen molar-refractivity contribution in [2.45, 2.75) is 39.7 Å². The SMILES string of the molecule is Cc1cc(/C=C2\SC(=O)N(Cc3ccc(C(C)(C)C)cc3)C2=O)ccc1O. The quantitative estimate of drug-likeness (QED) is 0.739. The summed E-state index contributed by atoms with van der Waals surface area (Å²) in [6.45, 7) is 8.50. The number of nitrogens with zero attached hydrogens (tertiary/aromatic N) is 1. The molecule has 0 spiro atoms. The highest BCUT2D eigenvalue weighted by Gasteiger charge is 2.35. The summed E-state index contributed by atoms with van der Waals surface area (Å²) < 4.78 is 0. The Hall–Kier alpha value is -2.53. The van der Waals surface area contributed by atoms with E-state index >= 15 is 0 Å². The van der Waals surface area contributed by atoms with Gasteiger partial charge in [0.25, 0.3) is 11.1 Å². The zero-order chi connectivity index (χ0) is 19.8. The first-order valence-electron chi connectivity index (χ1n) is 8.79. The Labute approximate surface area is 163 Å². The number of benzene rings is 2. The summed E-state index contributed by atoms with van der Waals surface area (Å²) in [7, 11) is 0. The van der Waals surface area contributed by atoms with Crippen molar-refractivity contribution in [2.24, 2.45) is 0 Å². The minimum atomic E-state index is -0.282. The number of hydrogen-bond donors (Lipinski definition) is 1. The molecule has 1 heterocycles. The van der Waals surface area contributed by atoms with Crippen molar-refractivity contribution in [2.75, 3.05) is 0 Å². The van der Waals surface area contributed by atoms with Crippen LogP contribution in [0.15, 0.2) is 47.4 Å². The van der Waals surface area contributed by atoms with Gasteiger partial charge in [-0.1, -0.05) is 51.1 Å². The van der Waals surface area contributed by atoms with Crippen LogP contribution >= 0.6 is 11.8 Å². The molecule has 5 heteroatoms. The summed E-state index contributed by atoms with van der Waals surface area (Å²) in [4.78, 5) is 26.7. The molecule has 1 aliphatic heterocycles. The van der Waals surface area contributed by atoms with Crippen LogP contribution in [0, 0.1) is 6.92 Å². The van der Waals surface area contributed by atoms with Gasteiger partial charge in [0, 0.05) is 0 Å². The molecule has 0 radical (unpaired) electrons. The van der Waals surface area contributed by atoms with Gasteiger partial charge in [-0.3, -0.25) is 14.5 Å². The average molecular weight is 381 g/mol. The molecular formula is C22H23NO3S. The van der Waals surface area contributed by atoms with E-state index in [1.54, 1.807) is 31.2 Å². The molecule has 1 fully saturated rings. The lowest BCUT2D eigenvalue weighted by Crippen LogP contribution is -2.27. The average Bonchev–Trinajstić information content (AvgIpc) is 2.85. The van der Waals surface area contributed by atoms with Crippen molar-refractivity contribution < 1.29 is 14.7 Å². The lowest BCUT2D eigenvalue weighted by atomic mass is 9.87. The Bertz CT molecular complexity index is 924. The van der Waals surface area contributed by atoms with Gasteiger partial charge in [0.2, 0.25) is 0 Å². The largest absolute Gasteiger partial charge is 0.508 e. The summed E-state index contributed by atoms with van der Waals surface area (Å²) in [5.74, 6) is -0.0745. The number of thioether (sulfide) groups is 1. The molecule has 2 amide bonds. The standard InChI is InChI=1S/C22H23NO3S/c1-14-11-16(7-10-18(14)24)12-19-20(25)23(21(26)27-19)13-15-5-8-17(9-6-15)22(2,3)4/h5-12,24H,13H2,1-4H3/b19-12-. The van der Waals surface area contributed by atoms with Crippen LogP contribution in [0.2, 0.25) is 0 Å². The lowest BCUT2D eigenvalue weighted by Gasteiger charge is -2.20. The number of rotatable bonds is 3.